The van der Waals surface area contributed by atoms with E-state index >= 15 is 0 Å². The van der Waals surface area contributed by atoms with Gasteiger partial charge in [0.15, 0.2) is 5.76 Å². The number of hydrogen-bond donors (Lipinski definition) is 2. The molecular formula is C19H15NO5. The van der Waals surface area contributed by atoms with Crippen molar-refractivity contribution in [3.8, 4) is 23.0 Å². The van der Waals surface area contributed by atoms with Crippen LogP contribution in [0.2, 0.25) is 0 Å². The molecule has 6 nitrogen and oxygen atoms in total. The summed E-state index contributed by atoms with van der Waals surface area (Å²) >= 11 is 0. The molecule has 0 unspecified atom stereocenters. The van der Waals surface area contributed by atoms with E-state index in [1.807, 2.05) is 36.0 Å². The number of hydrogen-bond acceptors (Lipinski definition) is 5. The zero-order chi connectivity index (χ0) is 17.7. The summed E-state index contributed by atoms with van der Waals surface area (Å²) in [6, 6.07) is 8.11. The van der Waals surface area contributed by atoms with Gasteiger partial charge in [-0.1, -0.05) is 6.07 Å². The maximum absolute atomic E-state index is 12.6. The number of phenols is 2. The highest BCUT2D eigenvalue weighted by molar-refractivity contribution is 6.17. The minimum absolute atomic E-state index is 0.0521. The van der Waals surface area contributed by atoms with Gasteiger partial charge in [0.25, 0.3) is 0 Å². The molecule has 1 aliphatic heterocycles. The lowest BCUT2D eigenvalue weighted by Crippen LogP contribution is -1.98. The predicted molar refractivity (Wildman–Crippen MR) is 92.2 cm³/mol. The standard InChI is InChI=1S/C19H15NO5/c1-20-9-10(17-12(20)4-3-5-14(17)24-2)6-16-19(23)18-13(22)7-11(21)8-15(18)25-16/h3-9,21-22H,1-2H3/b16-6+. The van der Waals surface area contributed by atoms with E-state index in [-0.39, 0.29) is 28.6 Å². The minimum Gasteiger partial charge on any atom is -0.508 e. The van der Waals surface area contributed by atoms with Gasteiger partial charge in [0.1, 0.15) is 28.6 Å². The van der Waals surface area contributed by atoms with Crippen molar-refractivity contribution in [2.45, 2.75) is 0 Å². The third-order valence-corrected chi connectivity index (χ3v) is 4.25. The van der Waals surface area contributed by atoms with E-state index in [0.29, 0.717) is 5.75 Å². The average Bonchev–Trinajstić information content (AvgIpc) is 3.05. The highest BCUT2D eigenvalue weighted by Gasteiger charge is 2.31. The largest absolute Gasteiger partial charge is 0.508 e. The highest BCUT2D eigenvalue weighted by Crippen LogP contribution is 2.41. The Morgan fingerprint density at radius 2 is 2.04 bits per heavy atom. The molecule has 0 fully saturated rings. The average molecular weight is 337 g/mol. The van der Waals surface area contributed by atoms with Crippen LogP contribution in [0.3, 0.4) is 0 Å². The zero-order valence-electron chi connectivity index (χ0n) is 13.6. The Bertz CT molecular complexity index is 1060. The number of nitrogens with zero attached hydrogens (tertiary/aromatic N) is 1. The van der Waals surface area contributed by atoms with Crippen molar-refractivity contribution < 1.29 is 24.5 Å². The molecule has 0 saturated carbocycles. The normalized spacial score (nSPS) is 14.8. The van der Waals surface area contributed by atoms with Crippen LogP contribution in [-0.4, -0.2) is 27.7 Å². The number of aromatic nitrogens is 1. The van der Waals surface area contributed by atoms with Crippen LogP contribution in [0.5, 0.6) is 23.0 Å². The van der Waals surface area contributed by atoms with Crippen LogP contribution in [-0.2, 0) is 7.05 Å². The number of phenolic OH excluding ortho intramolecular Hbond substituents is 2. The van der Waals surface area contributed by atoms with Crippen LogP contribution >= 0.6 is 0 Å². The minimum atomic E-state index is -0.431. The van der Waals surface area contributed by atoms with Gasteiger partial charge in [-0.05, 0) is 18.2 Å². The van der Waals surface area contributed by atoms with E-state index in [1.165, 1.54) is 6.07 Å². The third kappa shape index (κ3) is 2.22. The number of benzene rings is 2. The van der Waals surface area contributed by atoms with Crippen LogP contribution in [0.25, 0.3) is 17.0 Å². The molecule has 25 heavy (non-hydrogen) atoms. The molecule has 2 heterocycles. The number of carbonyl (C=O) groups excluding carboxylic acids is 1. The van der Waals surface area contributed by atoms with Crippen LogP contribution in [0, 0.1) is 0 Å². The van der Waals surface area contributed by atoms with E-state index in [0.717, 1.165) is 22.5 Å². The van der Waals surface area contributed by atoms with Crippen molar-refractivity contribution in [1.29, 1.82) is 0 Å². The van der Waals surface area contributed by atoms with Crippen LogP contribution in [0.15, 0.2) is 42.3 Å². The molecule has 4 rings (SSSR count). The van der Waals surface area contributed by atoms with E-state index in [1.54, 1.807) is 13.2 Å². The summed E-state index contributed by atoms with van der Waals surface area (Å²) in [5.74, 6) is -0.000842. The summed E-state index contributed by atoms with van der Waals surface area (Å²) in [5.41, 5.74) is 1.76. The maximum Gasteiger partial charge on any atom is 0.235 e. The van der Waals surface area contributed by atoms with Crippen molar-refractivity contribution >= 4 is 22.8 Å². The molecule has 2 aromatic carbocycles. The number of carbonyl (C=O) groups is 1. The van der Waals surface area contributed by atoms with Crippen LogP contribution < -0.4 is 9.47 Å². The number of aromatic hydroxyl groups is 2. The topological polar surface area (TPSA) is 80.9 Å². The van der Waals surface area contributed by atoms with Crippen LogP contribution in [0.4, 0.5) is 0 Å². The molecule has 126 valence electrons. The fourth-order valence-electron chi connectivity index (χ4n) is 3.15. The van der Waals surface area contributed by atoms with Gasteiger partial charge in [-0.25, -0.2) is 0 Å². The van der Waals surface area contributed by atoms with Gasteiger partial charge < -0.3 is 24.3 Å². The van der Waals surface area contributed by atoms with Crippen molar-refractivity contribution in [3.63, 3.8) is 0 Å². The van der Waals surface area contributed by atoms with Crippen molar-refractivity contribution in [3.05, 3.63) is 53.4 Å². The number of Topliss-reactive ketones (excluding diaryl/α,β-unsaturated/α-hetero) is 1. The summed E-state index contributed by atoms with van der Waals surface area (Å²) in [6.45, 7) is 0. The summed E-state index contributed by atoms with van der Waals surface area (Å²) in [7, 11) is 3.49. The lowest BCUT2D eigenvalue weighted by atomic mass is 10.1. The first-order valence-electron chi connectivity index (χ1n) is 7.62. The second-order valence-electron chi connectivity index (χ2n) is 5.83. The first-order valence-corrected chi connectivity index (χ1v) is 7.62. The lowest BCUT2D eigenvalue weighted by Gasteiger charge is -2.03. The highest BCUT2D eigenvalue weighted by atomic mass is 16.5. The molecule has 0 atom stereocenters. The molecular weight excluding hydrogens is 322 g/mol. The molecule has 0 saturated heterocycles. The Morgan fingerprint density at radius 3 is 2.80 bits per heavy atom. The Labute approximate surface area is 143 Å². The van der Waals surface area contributed by atoms with E-state index in [4.69, 9.17) is 9.47 Å². The molecule has 1 aliphatic rings. The Hall–Kier alpha value is -3.41. The molecule has 0 bridgehead atoms. The zero-order valence-corrected chi connectivity index (χ0v) is 13.6. The molecule has 3 aromatic rings. The van der Waals surface area contributed by atoms with Gasteiger partial charge in [-0.3, -0.25) is 4.79 Å². The molecule has 0 spiro atoms. The fraction of sp³-hybridized carbons (Fsp3) is 0.105. The first-order chi connectivity index (χ1) is 12.0. The van der Waals surface area contributed by atoms with Crippen molar-refractivity contribution in [1.82, 2.24) is 4.57 Å². The Morgan fingerprint density at radius 1 is 1.24 bits per heavy atom. The summed E-state index contributed by atoms with van der Waals surface area (Å²) in [5, 5.41) is 20.3. The second-order valence-corrected chi connectivity index (χ2v) is 5.83. The SMILES string of the molecule is COc1cccc2c1c(/C=C1/Oc3cc(O)cc(O)c3C1=O)cn2C. The number of methoxy groups -OCH3 is 1. The maximum atomic E-state index is 12.6. The molecule has 6 heteroatoms. The number of rotatable bonds is 2. The van der Waals surface area contributed by atoms with Crippen molar-refractivity contribution in [2.24, 2.45) is 7.05 Å². The monoisotopic (exact) mass is 337 g/mol. The second kappa shape index (κ2) is 5.31. The summed E-state index contributed by atoms with van der Waals surface area (Å²) in [4.78, 5) is 12.6. The number of ether oxygens (including phenoxy) is 2. The van der Waals surface area contributed by atoms with Gasteiger partial charge in [0.2, 0.25) is 5.78 Å². The molecule has 0 radical (unpaired) electrons. The first kappa shape index (κ1) is 15.1. The van der Waals surface area contributed by atoms with Gasteiger partial charge in [-0.15, -0.1) is 0 Å². The smallest absolute Gasteiger partial charge is 0.235 e. The molecule has 2 N–H and O–H groups in total. The Balaban J connectivity index is 1.87. The van der Waals surface area contributed by atoms with Gasteiger partial charge in [0, 0.05) is 36.3 Å². The van der Waals surface area contributed by atoms with E-state index < -0.39 is 5.78 Å². The molecule has 0 amide bonds. The van der Waals surface area contributed by atoms with Crippen LogP contribution in [0.1, 0.15) is 15.9 Å². The quantitative estimate of drug-likeness (QED) is 0.702. The number of aryl methyl sites for hydroxylation is 1. The predicted octanol–water partition coefficient (Wildman–Crippen LogP) is 3.21. The van der Waals surface area contributed by atoms with Gasteiger partial charge in [0.05, 0.1) is 12.6 Å². The van der Waals surface area contributed by atoms with E-state index in [2.05, 4.69) is 0 Å². The summed E-state index contributed by atoms with van der Waals surface area (Å²) < 4.78 is 12.9. The molecule has 1 aromatic heterocycles. The van der Waals surface area contributed by atoms with Gasteiger partial charge >= 0.3 is 0 Å². The number of allylic oxidation sites excluding steroid dienone is 1. The van der Waals surface area contributed by atoms with Crippen molar-refractivity contribution in [2.75, 3.05) is 7.11 Å². The summed E-state index contributed by atoms with van der Waals surface area (Å²) in [6.07, 6.45) is 3.49. The number of ketones is 1. The van der Waals surface area contributed by atoms with E-state index in [9.17, 15) is 15.0 Å². The number of fused-ring (bicyclic) bond motifs is 2. The lowest BCUT2D eigenvalue weighted by molar-refractivity contribution is 0.101. The molecule has 0 aliphatic carbocycles. The Kier molecular flexibility index (Phi) is 3.21. The fourth-order valence-corrected chi connectivity index (χ4v) is 3.15. The van der Waals surface area contributed by atoms with Gasteiger partial charge in [-0.2, -0.15) is 0 Å². The third-order valence-electron chi connectivity index (χ3n) is 4.25.